The van der Waals surface area contributed by atoms with Crippen LogP contribution in [0.1, 0.15) is 20.3 Å². The van der Waals surface area contributed by atoms with Gasteiger partial charge in [-0.3, -0.25) is 4.79 Å². The van der Waals surface area contributed by atoms with Crippen LogP contribution in [0.5, 0.6) is 0 Å². The summed E-state index contributed by atoms with van der Waals surface area (Å²) in [6, 6.07) is 0.208. The summed E-state index contributed by atoms with van der Waals surface area (Å²) in [6.45, 7) is 4.23. The summed E-state index contributed by atoms with van der Waals surface area (Å²) < 4.78 is 5.36. The van der Waals surface area contributed by atoms with Gasteiger partial charge in [-0.25, -0.2) is 4.98 Å². The van der Waals surface area contributed by atoms with Gasteiger partial charge in [0.05, 0.1) is 12.4 Å². The molecule has 0 spiro atoms. The molecule has 1 heterocycles. The molecule has 2 unspecified atom stereocenters. The van der Waals surface area contributed by atoms with E-state index in [1.54, 1.807) is 7.11 Å². The van der Waals surface area contributed by atoms with Crippen LogP contribution in [-0.4, -0.2) is 29.2 Å². The van der Waals surface area contributed by atoms with Crippen LogP contribution in [0.3, 0.4) is 0 Å². The summed E-state index contributed by atoms with van der Waals surface area (Å²) in [5.74, 6) is 0.433. The van der Waals surface area contributed by atoms with E-state index in [0.717, 1.165) is 6.42 Å². The van der Waals surface area contributed by atoms with Gasteiger partial charge in [-0.2, -0.15) is 0 Å². The minimum absolute atomic E-state index is 0.00234. The van der Waals surface area contributed by atoms with E-state index < -0.39 is 0 Å². The number of ether oxygens (including phenoxy) is 1. The molecule has 0 bridgehead atoms. The molecule has 1 aliphatic rings. The highest BCUT2D eigenvalue weighted by atomic mass is 35.5. The van der Waals surface area contributed by atoms with Crippen LogP contribution < -0.4 is 10.9 Å². The van der Waals surface area contributed by atoms with Gasteiger partial charge in [0, 0.05) is 18.6 Å². The molecule has 0 radical (unpaired) electrons. The number of anilines is 1. The number of rotatable bonds is 3. The molecule has 5 nitrogen and oxygen atoms in total. The summed E-state index contributed by atoms with van der Waals surface area (Å²) >= 11 is 5.88. The Morgan fingerprint density at radius 3 is 2.94 bits per heavy atom. The monoisotopic (exact) mass is 257 g/mol. The highest BCUT2D eigenvalue weighted by Crippen LogP contribution is 2.44. The van der Waals surface area contributed by atoms with Gasteiger partial charge in [0.25, 0.3) is 5.56 Å². The lowest BCUT2D eigenvalue weighted by atomic mass is 9.64. The predicted octanol–water partition coefficient (Wildman–Crippen LogP) is 1.65. The first kappa shape index (κ1) is 12.4. The van der Waals surface area contributed by atoms with E-state index in [4.69, 9.17) is 16.3 Å². The minimum atomic E-state index is -0.329. The Balaban J connectivity index is 2.13. The van der Waals surface area contributed by atoms with Crippen molar-refractivity contribution in [1.29, 1.82) is 0 Å². The lowest BCUT2D eigenvalue weighted by molar-refractivity contribution is -0.0795. The zero-order chi connectivity index (χ0) is 12.6. The van der Waals surface area contributed by atoms with E-state index in [0.29, 0.717) is 5.82 Å². The molecule has 94 valence electrons. The van der Waals surface area contributed by atoms with Crippen molar-refractivity contribution in [3.05, 3.63) is 21.7 Å². The first-order valence-corrected chi connectivity index (χ1v) is 5.87. The number of aromatic nitrogens is 2. The summed E-state index contributed by atoms with van der Waals surface area (Å²) in [7, 11) is 1.71. The molecule has 17 heavy (non-hydrogen) atoms. The molecule has 6 heteroatoms. The molecule has 1 aliphatic carbocycles. The molecular formula is C11H16ClN3O2. The maximum absolute atomic E-state index is 11.3. The van der Waals surface area contributed by atoms with Crippen molar-refractivity contribution in [2.24, 2.45) is 5.41 Å². The van der Waals surface area contributed by atoms with E-state index in [9.17, 15) is 4.79 Å². The van der Waals surface area contributed by atoms with Gasteiger partial charge >= 0.3 is 0 Å². The van der Waals surface area contributed by atoms with E-state index >= 15 is 0 Å². The molecule has 2 rings (SSSR count). The van der Waals surface area contributed by atoms with E-state index in [-0.39, 0.29) is 28.1 Å². The summed E-state index contributed by atoms with van der Waals surface area (Å²) in [5.41, 5.74) is -0.327. The molecule has 0 saturated heterocycles. The highest BCUT2D eigenvalue weighted by molar-refractivity contribution is 6.32. The Labute approximate surface area is 105 Å². The average molecular weight is 258 g/mol. The third-order valence-electron chi connectivity index (χ3n) is 3.57. The number of hydrogen-bond acceptors (Lipinski definition) is 4. The maximum atomic E-state index is 11.3. The van der Waals surface area contributed by atoms with Crippen LogP contribution in [-0.2, 0) is 4.74 Å². The maximum Gasteiger partial charge on any atom is 0.271 e. The van der Waals surface area contributed by atoms with Gasteiger partial charge in [0.1, 0.15) is 5.02 Å². The molecule has 1 aromatic heterocycles. The molecule has 1 fully saturated rings. The molecule has 0 aromatic carbocycles. The smallest absolute Gasteiger partial charge is 0.271 e. The number of H-pyrrole nitrogens is 1. The van der Waals surface area contributed by atoms with Gasteiger partial charge in [0.2, 0.25) is 0 Å². The largest absolute Gasteiger partial charge is 0.381 e. The quantitative estimate of drug-likeness (QED) is 0.864. The molecule has 2 atom stereocenters. The Hall–Kier alpha value is -1.07. The Morgan fingerprint density at radius 2 is 2.35 bits per heavy atom. The normalized spacial score (nSPS) is 26.4. The van der Waals surface area contributed by atoms with Crippen molar-refractivity contribution >= 4 is 17.4 Å². The predicted molar refractivity (Wildman–Crippen MR) is 66.5 cm³/mol. The Morgan fingerprint density at radius 1 is 1.65 bits per heavy atom. The van der Waals surface area contributed by atoms with E-state index in [1.807, 2.05) is 0 Å². The van der Waals surface area contributed by atoms with Gasteiger partial charge in [-0.05, 0) is 6.42 Å². The lowest BCUT2D eigenvalue weighted by Gasteiger charge is -2.51. The van der Waals surface area contributed by atoms with Crippen molar-refractivity contribution in [2.45, 2.75) is 32.4 Å². The molecule has 1 aromatic rings. The van der Waals surface area contributed by atoms with Crippen LogP contribution in [0.15, 0.2) is 11.1 Å². The molecule has 0 amide bonds. The van der Waals surface area contributed by atoms with E-state index in [2.05, 4.69) is 29.1 Å². The molecule has 2 N–H and O–H groups in total. The van der Waals surface area contributed by atoms with E-state index in [1.165, 1.54) is 6.33 Å². The Kier molecular flexibility index (Phi) is 3.14. The third-order valence-corrected chi connectivity index (χ3v) is 3.92. The van der Waals surface area contributed by atoms with Gasteiger partial charge < -0.3 is 15.0 Å². The topological polar surface area (TPSA) is 67.0 Å². The van der Waals surface area contributed by atoms with Crippen molar-refractivity contribution in [1.82, 2.24) is 9.97 Å². The summed E-state index contributed by atoms with van der Waals surface area (Å²) in [6.07, 6.45) is 2.45. The molecule has 1 saturated carbocycles. The summed E-state index contributed by atoms with van der Waals surface area (Å²) in [5, 5.41) is 3.30. The fourth-order valence-electron chi connectivity index (χ4n) is 2.18. The third kappa shape index (κ3) is 2.05. The van der Waals surface area contributed by atoms with Gasteiger partial charge in [-0.15, -0.1) is 0 Å². The standard InChI is InChI=1S/C11H16ClN3O2/c1-11(2)6(4-7(11)17-3)15-9-8(12)10(16)14-5-13-9/h5-7H,4H2,1-3H3,(H2,13,14,15,16). The van der Waals surface area contributed by atoms with Crippen LogP contribution in [0.25, 0.3) is 0 Å². The zero-order valence-electron chi connectivity index (χ0n) is 10.1. The number of halogens is 1. The number of methoxy groups -OCH3 is 1. The fourth-order valence-corrected chi connectivity index (χ4v) is 2.34. The number of hydrogen-bond donors (Lipinski definition) is 2. The second kappa shape index (κ2) is 4.31. The lowest BCUT2D eigenvalue weighted by Crippen LogP contribution is -2.57. The van der Waals surface area contributed by atoms with Crippen LogP contribution in [0.4, 0.5) is 5.82 Å². The minimum Gasteiger partial charge on any atom is -0.381 e. The van der Waals surface area contributed by atoms with Gasteiger partial charge in [-0.1, -0.05) is 25.4 Å². The van der Waals surface area contributed by atoms with Crippen molar-refractivity contribution in [2.75, 3.05) is 12.4 Å². The summed E-state index contributed by atoms with van der Waals surface area (Å²) in [4.78, 5) is 17.8. The van der Waals surface area contributed by atoms with Crippen molar-refractivity contribution in [3.8, 4) is 0 Å². The number of nitrogens with zero attached hydrogens (tertiary/aromatic N) is 1. The highest BCUT2D eigenvalue weighted by Gasteiger charge is 2.48. The van der Waals surface area contributed by atoms with Crippen molar-refractivity contribution in [3.63, 3.8) is 0 Å². The SMILES string of the molecule is COC1CC(Nc2nc[nH]c(=O)c2Cl)C1(C)C. The van der Waals surface area contributed by atoms with Crippen LogP contribution in [0.2, 0.25) is 5.02 Å². The first-order chi connectivity index (χ1) is 7.96. The second-order valence-electron chi connectivity index (χ2n) is 4.87. The molecular weight excluding hydrogens is 242 g/mol. The first-order valence-electron chi connectivity index (χ1n) is 5.49. The van der Waals surface area contributed by atoms with Crippen molar-refractivity contribution < 1.29 is 4.74 Å². The fraction of sp³-hybridized carbons (Fsp3) is 0.636. The number of nitrogens with one attached hydrogen (secondary N) is 2. The zero-order valence-corrected chi connectivity index (χ0v) is 10.8. The van der Waals surface area contributed by atoms with Crippen LogP contribution in [0, 0.1) is 5.41 Å². The second-order valence-corrected chi connectivity index (χ2v) is 5.25. The van der Waals surface area contributed by atoms with Gasteiger partial charge in [0.15, 0.2) is 5.82 Å². The number of aromatic amines is 1. The average Bonchev–Trinajstić information content (AvgIpc) is 2.29. The Bertz CT molecular complexity index is 472. The van der Waals surface area contributed by atoms with Crippen LogP contribution >= 0.6 is 11.6 Å². The molecule has 0 aliphatic heterocycles.